The number of carbonyl (C=O) groups is 1. The molecule has 0 bridgehead atoms. The van der Waals surface area contributed by atoms with Crippen molar-refractivity contribution in [2.75, 3.05) is 26.2 Å². The summed E-state index contributed by atoms with van der Waals surface area (Å²) in [5.74, 6) is 0.445. The van der Waals surface area contributed by atoms with Crippen molar-refractivity contribution in [1.82, 2.24) is 9.80 Å². The molecule has 1 aromatic carbocycles. The molecule has 130 valence electrons. The van der Waals surface area contributed by atoms with Crippen molar-refractivity contribution in [2.45, 2.75) is 25.8 Å². The van der Waals surface area contributed by atoms with Crippen LogP contribution >= 0.6 is 12.4 Å². The summed E-state index contributed by atoms with van der Waals surface area (Å²) in [5.41, 5.74) is 1.40. The van der Waals surface area contributed by atoms with Crippen LogP contribution in [0, 0.1) is 0 Å². The Balaban J connectivity index is 0.00000208. The first-order valence-electron chi connectivity index (χ1n) is 8.35. The zero-order valence-electron chi connectivity index (χ0n) is 14.1. The van der Waals surface area contributed by atoms with Crippen LogP contribution in [0.25, 0.3) is 0 Å². The molecule has 3 rings (SSSR count). The minimum absolute atomic E-state index is 0. The standard InChI is InChI=1S/C19H24N2O2.ClH/c1-16-15-20(11-5-9-17-7-3-2-4-8-17)12-13-21(16)19(22)18-10-6-14-23-18;/h2-4,6-8,10,14,16H,5,9,11-13,15H2,1H3;1H. The number of nitrogens with zero attached hydrogens (tertiary/aromatic N) is 2. The topological polar surface area (TPSA) is 36.7 Å². The van der Waals surface area contributed by atoms with Crippen LogP contribution in [0.15, 0.2) is 53.1 Å². The summed E-state index contributed by atoms with van der Waals surface area (Å²) in [6.45, 7) is 5.84. The maximum absolute atomic E-state index is 12.4. The molecular formula is C19H25ClN2O2. The van der Waals surface area contributed by atoms with Gasteiger partial charge in [-0.3, -0.25) is 9.69 Å². The van der Waals surface area contributed by atoms with Crippen LogP contribution in [0.2, 0.25) is 0 Å². The maximum atomic E-state index is 12.4. The smallest absolute Gasteiger partial charge is 0.289 e. The molecule has 1 atom stereocenters. The lowest BCUT2D eigenvalue weighted by atomic mass is 10.1. The fraction of sp³-hybridized carbons (Fsp3) is 0.421. The molecule has 5 heteroatoms. The van der Waals surface area contributed by atoms with E-state index in [2.05, 4.69) is 42.2 Å². The van der Waals surface area contributed by atoms with Crippen LogP contribution in [0.4, 0.5) is 0 Å². The average Bonchev–Trinajstić information content (AvgIpc) is 3.10. The first-order chi connectivity index (χ1) is 11.2. The molecule has 4 nitrogen and oxygen atoms in total. The quantitative estimate of drug-likeness (QED) is 0.830. The molecule has 1 aliphatic rings. The van der Waals surface area contributed by atoms with Crippen LogP contribution in [-0.2, 0) is 6.42 Å². The zero-order chi connectivity index (χ0) is 16.1. The second-order valence-corrected chi connectivity index (χ2v) is 6.21. The molecule has 0 N–H and O–H groups in total. The van der Waals surface area contributed by atoms with Gasteiger partial charge >= 0.3 is 0 Å². The number of benzene rings is 1. The Morgan fingerprint density at radius 3 is 2.62 bits per heavy atom. The number of aryl methyl sites for hydroxylation is 1. The number of hydrogen-bond acceptors (Lipinski definition) is 3. The van der Waals surface area contributed by atoms with Gasteiger partial charge in [-0.1, -0.05) is 30.3 Å². The summed E-state index contributed by atoms with van der Waals surface area (Å²) >= 11 is 0. The highest BCUT2D eigenvalue weighted by molar-refractivity contribution is 5.91. The van der Waals surface area contributed by atoms with Gasteiger partial charge < -0.3 is 9.32 Å². The maximum Gasteiger partial charge on any atom is 0.289 e. The molecule has 1 aromatic heterocycles. The molecule has 0 saturated carbocycles. The number of amides is 1. The molecule has 0 spiro atoms. The minimum atomic E-state index is 0. The molecule has 1 saturated heterocycles. The average molecular weight is 349 g/mol. The van der Waals surface area contributed by atoms with Gasteiger partial charge in [0.25, 0.3) is 5.91 Å². The van der Waals surface area contributed by atoms with Crippen LogP contribution < -0.4 is 0 Å². The first-order valence-corrected chi connectivity index (χ1v) is 8.35. The second kappa shape index (κ2) is 8.90. The van der Waals surface area contributed by atoms with Crippen LogP contribution in [-0.4, -0.2) is 47.9 Å². The van der Waals surface area contributed by atoms with Crippen molar-refractivity contribution in [1.29, 1.82) is 0 Å². The lowest BCUT2D eigenvalue weighted by molar-refractivity contribution is 0.0459. The van der Waals surface area contributed by atoms with E-state index < -0.39 is 0 Å². The highest BCUT2D eigenvalue weighted by atomic mass is 35.5. The lowest BCUT2D eigenvalue weighted by Gasteiger charge is -2.39. The third-order valence-electron chi connectivity index (χ3n) is 4.49. The van der Waals surface area contributed by atoms with E-state index in [1.54, 1.807) is 18.4 Å². The van der Waals surface area contributed by atoms with E-state index in [1.165, 1.54) is 5.56 Å². The Morgan fingerprint density at radius 2 is 1.96 bits per heavy atom. The van der Waals surface area contributed by atoms with E-state index in [-0.39, 0.29) is 24.4 Å². The monoisotopic (exact) mass is 348 g/mol. The van der Waals surface area contributed by atoms with E-state index >= 15 is 0 Å². The molecule has 24 heavy (non-hydrogen) atoms. The van der Waals surface area contributed by atoms with Gasteiger partial charge in [-0.25, -0.2) is 0 Å². The molecular weight excluding hydrogens is 324 g/mol. The van der Waals surface area contributed by atoms with Gasteiger partial charge in [-0.15, -0.1) is 12.4 Å². The summed E-state index contributed by atoms with van der Waals surface area (Å²) in [6.07, 6.45) is 3.82. The third kappa shape index (κ3) is 4.62. The van der Waals surface area contributed by atoms with Gasteiger partial charge in [0.15, 0.2) is 5.76 Å². The van der Waals surface area contributed by atoms with Gasteiger partial charge in [0, 0.05) is 25.7 Å². The number of piperazine rings is 1. The number of halogens is 1. The summed E-state index contributed by atoms with van der Waals surface area (Å²) in [6, 6.07) is 14.3. The Bertz CT molecular complexity index is 616. The largest absolute Gasteiger partial charge is 0.459 e. The molecule has 1 fully saturated rings. The Labute approximate surface area is 149 Å². The fourth-order valence-corrected chi connectivity index (χ4v) is 3.23. The number of furan rings is 1. The van der Waals surface area contributed by atoms with Gasteiger partial charge in [0.1, 0.15) is 0 Å². The Hall–Kier alpha value is -1.78. The molecule has 2 aromatic rings. The van der Waals surface area contributed by atoms with Crippen molar-refractivity contribution < 1.29 is 9.21 Å². The predicted molar refractivity (Wildman–Crippen MR) is 97.7 cm³/mol. The van der Waals surface area contributed by atoms with E-state index in [0.29, 0.717) is 5.76 Å². The van der Waals surface area contributed by atoms with E-state index in [1.807, 2.05) is 4.90 Å². The molecule has 1 aliphatic heterocycles. The number of carbonyl (C=O) groups excluding carboxylic acids is 1. The highest BCUT2D eigenvalue weighted by Gasteiger charge is 2.28. The first kappa shape index (κ1) is 18.6. The van der Waals surface area contributed by atoms with Crippen LogP contribution in [0.3, 0.4) is 0 Å². The molecule has 2 heterocycles. The minimum Gasteiger partial charge on any atom is -0.459 e. The van der Waals surface area contributed by atoms with Crippen molar-refractivity contribution in [3.8, 4) is 0 Å². The zero-order valence-corrected chi connectivity index (χ0v) is 14.9. The molecule has 1 amide bonds. The van der Waals surface area contributed by atoms with Gasteiger partial charge in [-0.2, -0.15) is 0 Å². The van der Waals surface area contributed by atoms with Crippen molar-refractivity contribution in [2.24, 2.45) is 0 Å². The van der Waals surface area contributed by atoms with E-state index in [0.717, 1.165) is 39.0 Å². The van der Waals surface area contributed by atoms with Crippen molar-refractivity contribution >= 4 is 18.3 Å². The summed E-state index contributed by atoms with van der Waals surface area (Å²) in [5, 5.41) is 0. The number of rotatable bonds is 5. The van der Waals surface area contributed by atoms with Gasteiger partial charge in [-0.05, 0) is 44.0 Å². The summed E-state index contributed by atoms with van der Waals surface area (Å²) in [4.78, 5) is 16.8. The Kier molecular flexibility index (Phi) is 6.88. The van der Waals surface area contributed by atoms with Crippen LogP contribution in [0.5, 0.6) is 0 Å². The van der Waals surface area contributed by atoms with Crippen LogP contribution in [0.1, 0.15) is 29.5 Å². The van der Waals surface area contributed by atoms with Gasteiger partial charge in [0.2, 0.25) is 0 Å². The Morgan fingerprint density at radius 1 is 1.17 bits per heavy atom. The summed E-state index contributed by atoms with van der Waals surface area (Å²) in [7, 11) is 0. The molecule has 0 aliphatic carbocycles. The second-order valence-electron chi connectivity index (χ2n) is 6.21. The highest BCUT2D eigenvalue weighted by Crippen LogP contribution is 2.15. The molecule has 0 radical (unpaired) electrons. The third-order valence-corrected chi connectivity index (χ3v) is 4.49. The predicted octanol–water partition coefficient (Wildman–Crippen LogP) is 3.48. The van der Waals surface area contributed by atoms with Gasteiger partial charge in [0.05, 0.1) is 6.26 Å². The normalized spacial score (nSPS) is 18.2. The molecule has 1 unspecified atom stereocenters. The van der Waals surface area contributed by atoms with Crippen molar-refractivity contribution in [3.63, 3.8) is 0 Å². The fourth-order valence-electron chi connectivity index (χ4n) is 3.23. The van der Waals surface area contributed by atoms with E-state index in [4.69, 9.17) is 4.42 Å². The lowest BCUT2D eigenvalue weighted by Crippen LogP contribution is -2.54. The summed E-state index contributed by atoms with van der Waals surface area (Å²) < 4.78 is 5.23. The van der Waals surface area contributed by atoms with Crippen molar-refractivity contribution in [3.05, 3.63) is 60.1 Å². The SMILES string of the molecule is CC1CN(CCCc2ccccc2)CCN1C(=O)c1ccco1.Cl. The van der Waals surface area contributed by atoms with E-state index in [9.17, 15) is 4.79 Å². The number of hydrogen-bond donors (Lipinski definition) is 0.